The minimum Gasteiger partial charge on any atom is -0.352 e. The van der Waals surface area contributed by atoms with Crippen LogP contribution < -0.4 is 4.90 Å². The van der Waals surface area contributed by atoms with E-state index in [9.17, 15) is 9.18 Å². The van der Waals surface area contributed by atoms with Gasteiger partial charge in [-0.05, 0) is 49.6 Å². The Morgan fingerprint density at radius 2 is 1.45 bits per heavy atom. The smallest absolute Gasteiger partial charge is 0.225 e. The van der Waals surface area contributed by atoms with Gasteiger partial charge in [0.25, 0.3) is 0 Å². The summed E-state index contributed by atoms with van der Waals surface area (Å²) in [6, 6.07) is 14.8. The summed E-state index contributed by atoms with van der Waals surface area (Å²) in [6.07, 6.45) is 2.94. The standard InChI is InChI=1S/C31H34FN7O/c1-36-15-17-38(18-16-36)30-26-29(34-27(35-30)24-13-14-39(19-24)31(40)23-7-8-23)37(2)28(33-26)22-5-3-20(4-6-22)21-9-11-25(32)12-10-21/h3-6,9-12,23-24H,7-8,13-19H2,1-2H3. The van der Waals surface area contributed by atoms with Crippen LogP contribution in [0.15, 0.2) is 48.5 Å². The average molecular weight is 540 g/mol. The normalized spacial score (nSPS) is 20.0. The first-order chi connectivity index (χ1) is 19.4. The van der Waals surface area contributed by atoms with Crippen molar-refractivity contribution in [2.24, 2.45) is 13.0 Å². The maximum absolute atomic E-state index is 13.4. The molecular weight excluding hydrogens is 505 g/mol. The van der Waals surface area contributed by atoms with Crippen LogP contribution in [0.25, 0.3) is 33.7 Å². The number of anilines is 1. The van der Waals surface area contributed by atoms with Crippen LogP contribution in [0, 0.1) is 11.7 Å². The molecule has 2 aliphatic heterocycles. The Hall–Kier alpha value is -3.85. The zero-order chi connectivity index (χ0) is 27.4. The Morgan fingerprint density at radius 1 is 0.800 bits per heavy atom. The number of fused-ring (bicyclic) bond motifs is 1. The van der Waals surface area contributed by atoms with Crippen LogP contribution in [0.5, 0.6) is 0 Å². The monoisotopic (exact) mass is 539 g/mol. The molecule has 206 valence electrons. The van der Waals surface area contributed by atoms with Gasteiger partial charge in [-0.15, -0.1) is 0 Å². The van der Waals surface area contributed by atoms with Gasteiger partial charge in [0.05, 0.1) is 0 Å². The predicted octanol–water partition coefficient (Wildman–Crippen LogP) is 4.31. The van der Waals surface area contributed by atoms with Crippen LogP contribution in [0.1, 0.15) is 31.0 Å². The fourth-order valence-corrected chi connectivity index (χ4v) is 5.96. The van der Waals surface area contributed by atoms with E-state index < -0.39 is 0 Å². The molecule has 4 heterocycles. The van der Waals surface area contributed by atoms with Gasteiger partial charge in [0.15, 0.2) is 17.0 Å². The average Bonchev–Trinajstić information content (AvgIpc) is 3.62. The number of amides is 1. The van der Waals surface area contributed by atoms with Gasteiger partial charge in [-0.2, -0.15) is 0 Å². The molecule has 2 aromatic carbocycles. The highest BCUT2D eigenvalue weighted by Gasteiger charge is 2.38. The first-order valence-electron chi connectivity index (χ1n) is 14.3. The van der Waals surface area contributed by atoms with E-state index >= 15 is 0 Å². The third-order valence-corrected chi connectivity index (χ3v) is 8.63. The number of rotatable bonds is 5. The maximum Gasteiger partial charge on any atom is 0.225 e. The summed E-state index contributed by atoms with van der Waals surface area (Å²) in [4.78, 5) is 34.7. The van der Waals surface area contributed by atoms with Crippen LogP contribution in [-0.2, 0) is 11.8 Å². The molecule has 3 fully saturated rings. The highest BCUT2D eigenvalue weighted by atomic mass is 19.1. The maximum atomic E-state index is 13.4. The van der Waals surface area contributed by atoms with E-state index in [-0.39, 0.29) is 17.7 Å². The number of benzene rings is 2. The molecule has 2 aromatic heterocycles. The second kappa shape index (κ2) is 9.96. The van der Waals surface area contributed by atoms with E-state index in [1.54, 1.807) is 12.1 Å². The minimum atomic E-state index is -0.239. The fourth-order valence-electron chi connectivity index (χ4n) is 5.96. The van der Waals surface area contributed by atoms with E-state index in [1.807, 2.05) is 24.1 Å². The molecule has 1 aliphatic carbocycles. The lowest BCUT2D eigenvalue weighted by molar-refractivity contribution is -0.131. The Balaban J connectivity index is 1.25. The summed E-state index contributed by atoms with van der Waals surface area (Å²) in [5.74, 6) is 2.97. The van der Waals surface area contributed by atoms with Crippen LogP contribution in [-0.4, -0.2) is 81.5 Å². The first kappa shape index (κ1) is 25.1. The van der Waals surface area contributed by atoms with Gasteiger partial charge in [0, 0.05) is 63.7 Å². The van der Waals surface area contributed by atoms with Crippen LogP contribution >= 0.6 is 0 Å². The SMILES string of the molecule is CN1CCN(c2nc(C3CCN(C(=O)C4CC4)C3)nc3c2nc(-c2ccc(-c4ccc(F)cc4)cc2)n3C)CC1. The molecule has 9 heteroatoms. The lowest BCUT2D eigenvalue weighted by Gasteiger charge is -2.33. The topological polar surface area (TPSA) is 70.4 Å². The van der Waals surface area contributed by atoms with Crippen molar-refractivity contribution in [1.29, 1.82) is 0 Å². The molecule has 0 spiro atoms. The second-order valence-corrected chi connectivity index (χ2v) is 11.5. The van der Waals surface area contributed by atoms with Crippen molar-refractivity contribution < 1.29 is 9.18 Å². The number of carbonyl (C=O) groups is 1. The summed E-state index contributed by atoms with van der Waals surface area (Å²) >= 11 is 0. The summed E-state index contributed by atoms with van der Waals surface area (Å²) in [7, 11) is 4.16. The van der Waals surface area contributed by atoms with Crippen molar-refractivity contribution in [2.75, 3.05) is 51.2 Å². The zero-order valence-corrected chi connectivity index (χ0v) is 23.1. The molecule has 0 N–H and O–H groups in total. The molecule has 4 aromatic rings. The molecule has 1 amide bonds. The lowest BCUT2D eigenvalue weighted by Crippen LogP contribution is -2.45. The van der Waals surface area contributed by atoms with E-state index in [1.165, 1.54) is 12.1 Å². The molecule has 0 bridgehead atoms. The summed E-state index contributed by atoms with van der Waals surface area (Å²) < 4.78 is 15.5. The fraction of sp³-hybridized carbons (Fsp3) is 0.419. The quantitative estimate of drug-likeness (QED) is 0.376. The molecule has 1 atom stereocenters. The number of halogens is 1. The summed E-state index contributed by atoms with van der Waals surface area (Å²) in [5, 5.41) is 0. The predicted molar refractivity (Wildman–Crippen MR) is 154 cm³/mol. The molecule has 3 aliphatic rings. The number of aromatic nitrogens is 4. The van der Waals surface area contributed by atoms with Crippen molar-refractivity contribution in [3.05, 3.63) is 60.2 Å². The number of hydrogen-bond donors (Lipinski definition) is 0. The number of piperazine rings is 1. The Labute approximate surface area is 233 Å². The number of likely N-dealkylation sites (tertiary alicyclic amines) is 1. The number of carbonyl (C=O) groups excluding carboxylic acids is 1. The third-order valence-electron chi connectivity index (χ3n) is 8.63. The van der Waals surface area contributed by atoms with E-state index in [0.29, 0.717) is 12.5 Å². The molecule has 40 heavy (non-hydrogen) atoms. The van der Waals surface area contributed by atoms with Crippen molar-refractivity contribution in [2.45, 2.75) is 25.2 Å². The van der Waals surface area contributed by atoms with Crippen molar-refractivity contribution in [3.63, 3.8) is 0 Å². The van der Waals surface area contributed by atoms with Gasteiger partial charge < -0.3 is 19.3 Å². The van der Waals surface area contributed by atoms with Gasteiger partial charge in [0.1, 0.15) is 17.5 Å². The van der Waals surface area contributed by atoms with Gasteiger partial charge in [-0.25, -0.2) is 19.3 Å². The second-order valence-electron chi connectivity index (χ2n) is 11.5. The highest BCUT2D eigenvalue weighted by molar-refractivity contribution is 5.87. The van der Waals surface area contributed by atoms with Crippen molar-refractivity contribution >= 4 is 22.9 Å². The molecule has 1 saturated carbocycles. The van der Waals surface area contributed by atoms with Gasteiger partial charge >= 0.3 is 0 Å². The number of nitrogens with zero attached hydrogens (tertiary/aromatic N) is 7. The van der Waals surface area contributed by atoms with Crippen LogP contribution in [0.3, 0.4) is 0 Å². The number of aryl methyl sites for hydroxylation is 1. The van der Waals surface area contributed by atoms with E-state index in [2.05, 4.69) is 33.5 Å². The van der Waals surface area contributed by atoms with Gasteiger partial charge in [-0.3, -0.25) is 4.79 Å². The molecule has 7 rings (SSSR count). The third kappa shape index (κ3) is 4.62. The van der Waals surface area contributed by atoms with E-state index in [0.717, 1.165) is 97.3 Å². The van der Waals surface area contributed by atoms with Crippen molar-refractivity contribution in [1.82, 2.24) is 29.3 Å². The Morgan fingerprint density at radius 3 is 2.12 bits per heavy atom. The minimum absolute atomic E-state index is 0.131. The Bertz CT molecular complexity index is 1550. The molecular formula is C31H34FN7O. The summed E-state index contributed by atoms with van der Waals surface area (Å²) in [5.41, 5.74) is 4.62. The molecule has 2 saturated heterocycles. The van der Waals surface area contributed by atoms with E-state index in [4.69, 9.17) is 15.0 Å². The van der Waals surface area contributed by atoms with Gasteiger partial charge in [0.2, 0.25) is 5.91 Å². The van der Waals surface area contributed by atoms with Crippen LogP contribution in [0.4, 0.5) is 10.2 Å². The number of hydrogen-bond acceptors (Lipinski definition) is 6. The molecule has 0 radical (unpaired) electrons. The summed E-state index contributed by atoms with van der Waals surface area (Å²) in [6.45, 7) is 5.19. The van der Waals surface area contributed by atoms with Crippen LogP contribution in [0.2, 0.25) is 0 Å². The Kier molecular flexibility index (Phi) is 6.26. The lowest BCUT2D eigenvalue weighted by atomic mass is 10.0. The zero-order valence-electron chi connectivity index (χ0n) is 23.1. The molecule has 1 unspecified atom stereocenters. The number of imidazole rings is 1. The largest absolute Gasteiger partial charge is 0.352 e. The van der Waals surface area contributed by atoms with Crippen molar-refractivity contribution in [3.8, 4) is 22.5 Å². The molecule has 8 nitrogen and oxygen atoms in total. The highest BCUT2D eigenvalue weighted by Crippen LogP contribution is 2.36. The van der Waals surface area contributed by atoms with Gasteiger partial charge in [-0.1, -0.05) is 36.4 Å². The first-order valence-corrected chi connectivity index (χ1v) is 14.3. The number of likely N-dealkylation sites (N-methyl/N-ethyl adjacent to an activating group) is 1.